The maximum absolute atomic E-state index is 5.91. The molecule has 0 aliphatic carbocycles. The minimum Gasteiger partial charge on any atom is -0.438 e. The molecule has 2 aromatic carbocycles. The van der Waals surface area contributed by atoms with E-state index in [4.69, 9.17) is 10.5 Å². The van der Waals surface area contributed by atoms with Gasteiger partial charge in [0.1, 0.15) is 5.75 Å². The van der Waals surface area contributed by atoms with E-state index in [-0.39, 0.29) is 0 Å². The van der Waals surface area contributed by atoms with E-state index < -0.39 is 0 Å². The Morgan fingerprint density at radius 3 is 2.33 bits per heavy atom. The van der Waals surface area contributed by atoms with Gasteiger partial charge in [-0.05, 0) is 17.2 Å². The highest BCUT2D eigenvalue weighted by Crippen LogP contribution is 2.32. The minimum absolute atomic E-state index is 0.480. The third-order valence-corrected chi connectivity index (χ3v) is 3.22. The number of nitrogens with two attached hydrogens (primary N) is 1. The number of nitrogens with zero attached hydrogens (tertiary/aromatic N) is 1. The normalized spacial score (nSPS) is 10.3. The van der Waals surface area contributed by atoms with Crippen LogP contribution in [0.1, 0.15) is 5.56 Å². The molecule has 2 N–H and O–H groups in total. The lowest BCUT2D eigenvalue weighted by Gasteiger charge is -2.10. The Morgan fingerprint density at radius 1 is 0.857 bits per heavy atom. The zero-order valence-electron chi connectivity index (χ0n) is 11.6. The molecule has 0 bridgehead atoms. The number of hydrogen-bond donors (Lipinski definition) is 1. The van der Waals surface area contributed by atoms with Crippen LogP contribution < -0.4 is 10.5 Å². The SMILES string of the molecule is NCc1ccc(Oc2ccccc2-c2ccccc2)nc1. The number of benzene rings is 2. The first-order valence-electron chi connectivity index (χ1n) is 6.84. The van der Waals surface area contributed by atoms with Gasteiger partial charge in [0.25, 0.3) is 0 Å². The first-order chi connectivity index (χ1) is 10.4. The summed E-state index contributed by atoms with van der Waals surface area (Å²) in [6.07, 6.45) is 1.74. The predicted octanol–water partition coefficient (Wildman–Crippen LogP) is 4.00. The summed E-state index contributed by atoms with van der Waals surface area (Å²) >= 11 is 0. The van der Waals surface area contributed by atoms with Crippen molar-refractivity contribution in [3.8, 4) is 22.8 Å². The average Bonchev–Trinajstić information content (AvgIpc) is 2.57. The molecule has 0 radical (unpaired) electrons. The summed E-state index contributed by atoms with van der Waals surface area (Å²) in [7, 11) is 0. The van der Waals surface area contributed by atoms with Crippen molar-refractivity contribution < 1.29 is 4.74 Å². The summed E-state index contributed by atoms with van der Waals surface area (Å²) < 4.78 is 5.91. The van der Waals surface area contributed by atoms with Crippen molar-refractivity contribution in [2.24, 2.45) is 5.73 Å². The third kappa shape index (κ3) is 3.09. The van der Waals surface area contributed by atoms with Crippen LogP contribution >= 0.6 is 0 Å². The van der Waals surface area contributed by atoms with E-state index in [2.05, 4.69) is 17.1 Å². The van der Waals surface area contributed by atoms with Crippen molar-refractivity contribution in [1.29, 1.82) is 0 Å². The monoisotopic (exact) mass is 276 g/mol. The van der Waals surface area contributed by atoms with Crippen LogP contribution in [0.25, 0.3) is 11.1 Å². The van der Waals surface area contributed by atoms with Gasteiger partial charge in [0.2, 0.25) is 5.88 Å². The van der Waals surface area contributed by atoms with Crippen LogP contribution in [0.4, 0.5) is 0 Å². The maximum atomic E-state index is 5.91. The van der Waals surface area contributed by atoms with E-state index in [9.17, 15) is 0 Å². The van der Waals surface area contributed by atoms with Gasteiger partial charge in [-0.25, -0.2) is 4.98 Å². The van der Waals surface area contributed by atoms with E-state index in [0.29, 0.717) is 12.4 Å². The quantitative estimate of drug-likeness (QED) is 0.783. The largest absolute Gasteiger partial charge is 0.438 e. The number of rotatable bonds is 4. The number of aromatic nitrogens is 1. The topological polar surface area (TPSA) is 48.1 Å². The number of pyridine rings is 1. The van der Waals surface area contributed by atoms with Crippen molar-refractivity contribution >= 4 is 0 Å². The van der Waals surface area contributed by atoms with Gasteiger partial charge >= 0.3 is 0 Å². The molecule has 3 aromatic rings. The molecule has 3 nitrogen and oxygen atoms in total. The molecule has 0 unspecified atom stereocenters. The van der Waals surface area contributed by atoms with Crippen molar-refractivity contribution in [3.63, 3.8) is 0 Å². The first-order valence-corrected chi connectivity index (χ1v) is 6.84. The van der Waals surface area contributed by atoms with Gasteiger partial charge in [-0.2, -0.15) is 0 Å². The van der Waals surface area contributed by atoms with Crippen LogP contribution in [-0.4, -0.2) is 4.98 Å². The summed E-state index contributed by atoms with van der Waals surface area (Å²) in [6, 6.07) is 21.9. The van der Waals surface area contributed by atoms with Crippen molar-refractivity contribution in [2.75, 3.05) is 0 Å². The second-order valence-electron chi connectivity index (χ2n) is 4.67. The van der Waals surface area contributed by atoms with Gasteiger partial charge in [0, 0.05) is 24.4 Å². The molecule has 1 heterocycles. The Balaban J connectivity index is 1.92. The molecule has 1 aromatic heterocycles. The second kappa shape index (κ2) is 6.20. The molecule has 0 spiro atoms. The Bertz CT molecular complexity index is 709. The van der Waals surface area contributed by atoms with Crippen LogP contribution in [0, 0.1) is 0 Å². The lowest BCUT2D eigenvalue weighted by Crippen LogP contribution is -1.97. The lowest BCUT2D eigenvalue weighted by atomic mass is 10.1. The van der Waals surface area contributed by atoms with E-state index in [1.165, 1.54) is 0 Å². The number of ether oxygens (including phenoxy) is 1. The molecule has 0 fully saturated rings. The van der Waals surface area contributed by atoms with E-state index in [1.54, 1.807) is 6.20 Å². The smallest absolute Gasteiger partial charge is 0.219 e. The predicted molar refractivity (Wildman–Crippen MR) is 84.1 cm³/mol. The Morgan fingerprint density at radius 2 is 1.62 bits per heavy atom. The Hall–Kier alpha value is -2.65. The van der Waals surface area contributed by atoms with Crippen LogP contribution in [0.5, 0.6) is 11.6 Å². The molecule has 0 aliphatic heterocycles. The van der Waals surface area contributed by atoms with Crippen LogP contribution in [0.15, 0.2) is 72.9 Å². The van der Waals surface area contributed by atoms with Gasteiger partial charge in [-0.3, -0.25) is 0 Å². The zero-order chi connectivity index (χ0) is 14.5. The Kier molecular flexibility index (Phi) is 3.94. The molecule has 3 heteroatoms. The second-order valence-corrected chi connectivity index (χ2v) is 4.67. The molecule has 0 amide bonds. The summed E-state index contributed by atoms with van der Waals surface area (Å²) in [4.78, 5) is 4.28. The van der Waals surface area contributed by atoms with E-state index in [0.717, 1.165) is 22.4 Å². The summed E-state index contributed by atoms with van der Waals surface area (Å²) in [5, 5.41) is 0. The summed E-state index contributed by atoms with van der Waals surface area (Å²) in [5.41, 5.74) is 8.72. The summed E-state index contributed by atoms with van der Waals surface area (Å²) in [6.45, 7) is 0.480. The molecule has 21 heavy (non-hydrogen) atoms. The minimum atomic E-state index is 0.480. The number of hydrogen-bond acceptors (Lipinski definition) is 3. The average molecular weight is 276 g/mol. The molecule has 0 aliphatic rings. The highest BCUT2D eigenvalue weighted by atomic mass is 16.5. The van der Waals surface area contributed by atoms with E-state index in [1.807, 2.05) is 54.6 Å². The fourth-order valence-corrected chi connectivity index (χ4v) is 2.12. The van der Waals surface area contributed by atoms with Gasteiger partial charge < -0.3 is 10.5 Å². The van der Waals surface area contributed by atoms with Gasteiger partial charge in [0.15, 0.2) is 0 Å². The van der Waals surface area contributed by atoms with Crippen LogP contribution in [0.3, 0.4) is 0 Å². The molecule has 3 rings (SSSR count). The van der Waals surface area contributed by atoms with Gasteiger partial charge in [0.05, 0.1) is 0 Å². The highest BCUT2D eigenvalue weighted by Gasteiger charge is 2.07. The van der Waals surface area contributed by atoms with Crippen molar-refractivity contribution in [2.45, 2.75) is 6.54 Å². The molecule has 104 valence electrons. The Labute approximate surface area is 124 Å². The van der Waals surface area contributed by atoms with Crippen molar-refractivity contribution in [3.05, 3.63) is 78.5 Å². The van der Waals surface area contributed by atoms with Crippen LogP contribution in [-0.2, 0) is 6.54 Å². The first kappa shape index (κ1) is 13.3. The number of para-hydroxylation sites is 1. The van der Waals surface area contributed by atoms with Crippen LogP contribution in [0.2, 0.25) is 0 Å². The molecule has 0 saturated heterocycles. The fraction of sp³-hybridized carbons (Fsp3) is 0.0556. The maximum Gasteiger partial charge on any atom is 0.219 e. The summed E-state index contributed by atoms with van der Waals surface area (Å²) in [5.74, 6) is 1.35. The molecule has 0 saturated carbocycles. The third-order valence-electron chi connectivity index (χ3n) is 3.22. The van der Waals surface area contributed by atoms with Gasteiger partial charge in [-0.1, -0.05) is 54.6 Å². The fourth-order valence-electron chi connectivity index (χ4n) is 2.12. The molecular formula is C18H16N2O. The highest BCUT2D eigenvalue weighted by molar-refractivity contribution is 5.70. The lowest BCUT2D eigenvalue weighted by molar-refractivity contribution is 0.464. The van der Waals surface area contributed by atoms with Gasteiger partial charge in [-0.15, -0.1) is 0 Å². The van der Waals surface area contributed by atoms with E-state index >= 15 is 0 Å². The molecule has 0 atom stereocenters. The standard InChI is InChI=1S/C18H16N2O/c19-12-14-10-11-18(20-13-14)21-17-9-5-4-8-16(17)15-6-2-1-3-7-15/h1-11,13H,12,19H2. The zero-order valence-corrected chi connectivity index (χ0v) is 11.6. The molecular weight excluding hydrogens is 260 g/mol. The van der Waals surface area contributed by atoms with Crippen molar-refractivity contribution in [1.82, 2.24) is 4.98 Å².